The maximum absolute atomic E-state index is 13.9. The number of carboxylic acids is 1. The Morgan fingerprint density at radius 2 is 1.92 bits per heavy atom. The van der Waals surface area contributed by atoms with E-state index >= 15 is 0 Å². The number of nitrogens with zero attached hydrogens (tertiary/aromatic N) is 1. The molecule has 5 heteroatoms. The molecular formula is C19H25ClFNO2. The van der Waals surface area contributed by atoms with E-state index in [2.05, 4.69) is 4.90 Å². The Morgan fingerprint density at radius 1 is 1.29 bits per heavy atom. The molecule has 1 saturated carbocycles. The molecule has 1 heterocycles. The van der Waals surface area contributed by atoms with Crippen LogP contribution in [0.2, 0.25) is 5.02 Å². The minimum absolute atomic E-state index is 0.224. The van der Waals surface area contributed by atoms with Gasteiger partial charge in [0.05, 0.1) is 10.7 Å². The number of carboxylic acid groups (broad SMARTS) is 1. The van der Waals surface area contributed by atoms with Gasteiger partial charge < -0.3 is 10.0 Å². The normalized spacial score (nSPS) is 21.2. The van der Waals surface area contributed by atoms with Gasteiger partial charge in [-0.3, -0.25) is 4.79 Å². The summed E-state index contributed by atoms with van der Waals surface area (Å²) in [6.07, 6.45) is 6.75. The van der Waals surface area contributed by atoms with E-state index in [-0.39, 0.29) is 10.8 Å². The molecule has 0 radical (unpaired) electrons. The van der Waals surface area contributed by atoms with Crippen molar-refractivity contribution in [2.45, 2.75) is 51.9 Å². The van der Waals surface area contributed by atoms with Crippen molar-refractivity contribution >= 4 is 23.3 Å². The minimum atomic E-state index is -0.679. The third kappa shape index (κ3) is 3.69. The van der Waals surface area contributed by atoms with Crippen molar-refractivity contribution in [3.63, 3.8) is 0 Å². The van der Waals surface area contributed by atoms with Crippen molar-refractivity contribution in [1.29, 1.82) is 0 Å². The average molecular weight is 354 g/mol. The average Bonchev–Trinajstić information content (AvgIpc) is 2.54. The van der Waals surface area contributed by atoms with E-state index in [0.29, 0.717) is 17.8 Å². The van der Waals surface area contributed by atoms with Crippen molar-refractivity contribution in [1.82, 2.24) is 0 Å². The molecule has 1 aromatic carbocycles. The number of piperidine rings is 1. The molecule has 3 rings (SSSR count). The number of hydrogen-bond acceptors (Lipinski definition) is 2. The van der Waals surface area contributed by atoms with Crippen LogP contribution in [0.5, 0.6) is 0 Å². The summed E-state index contributed by atoms with van der Waals surface area (Å²) >= 11 is 6.17. The zero-order valence-corrected chi connectivity index (χ0v) is 14.9. The third-order valence-corrected chi connectivity index (χ3v) is 6.32. The minimum Gasteiger partial charge on any atom is -0.481 e. The van der Waals surface area contributed by atoms with Crippen LogP contribution in [0.25, 0.3) is 0 Å². The summed E-state index contributed by atoms with van der Waals surface area (Å²) in [5.74, 6) is -0.686. The fraction of sp³-hybridized carbons (Fsp3) is 0.632. The SMILES string of the molecule is Cc1cc(F)c(Cl)c(N2CCC3(CCC(CC(=O)O)CC3)CC2)c1. The van der Waals surface area contributed by atoms with Crippen LogP contribution in [0.1, 0.15) is 50.5 Å². The molecule has 1 N–H and O–H groups in total. The molecule has 1 aromatic rings. The first kappa shape index (κ1) is 17.5. The molecule has 24 heavy (non-hydrogen) atoms. The number of rotatable bonds is 3. The van der Waals surface area contributed by atoms with Gasteiger partial charge in [0.25, 0.3) is 0 Å². The summed E-state index contributed by atoms with van der Waals surface area (Å²) in [6, 6.07) is 3.44. The topological polar surface area (TPSA) is 40.5 Å². The fourth-order valence-electron chi connectivity index (χ4n) is 4.40. The number of aliphatic carboxylic acids is 1. The first-order chi connectivity index (χ1) is 11.4. The van der Waals surface area contributed by atoms with Crippen molar-refractivity contribution in [3.05, 3.63) is 28.5 Å². The van der Waals surface area contributed by atoms with Crippen molar-refractivity contribution < 1.29 is 14.3 Å². The number of aryl methyl sites for hydroxylation is 1. The highest BCUT2D eigenvalue weighted by Crippen LogP contribution is 2.48. The van der Waals surface area contributed by atoms with Gasteiger partial charge in [0.2, 0.25) is 0 Å². The van der Waals surface area contributed by atoms with Crippen LogP contribution in [0.15, 0.2) is 12.1 Å². The maximum atomic E-state index is 13.9. The Labute approximate surface area is 147 Å². The van der Waals surface area contributed by atoms with E-state index in [1.165, 1.54) is 6.07 Å². The number of benzene rings is 1. The second kappa shape index (κ2) is 6.91. The summed E-state index contributed by atoms with van der Waals surface area (Å²) in [5.41, 5.74) is 2.05. The second-order valence-electron chi connectivity index (χ2n) is 7.61. The lowest BCUT2D eigenvalue weighted by molar-refractivity contribution is -0.138. The van der Waals surface area contributed by atoms with Crippen molar-refractivity contribution in [3.8, 4) is 0 Å². The Hall–Kier alpha value is -1.29. The van der Waals surface area contributed by atoms with E-state index < -0.39 is 5.97 Å². The van der Waals surface area contributed by atoms with Crippen LogP contribution >= 0.6 is 11.6 Å². The van der Waals surface area contributed by atoms with Gasteiger partial charge in [-0.1, -0.05) is 11.6 Å². The quantitative estimate of drug-likeness (QED) is 0.827. The highest BCUT2D eigenvalue weighted by Gasteiger charge is 2.38. The van der Waals surface area contributed by atoms with Crippen molar-refractivity contribution in [2.24, 2.45) is 11.3 Å². The van der Waals surface area contributed by atoms with Crippen LogP contribution in [0, 0.1) is 24.1 Å². The number of halogens is 2. The molecule has 0 bridgehead atoms. The molecule has 0 amide bonds. The highest BCUT2D eigenvalue weighted by atomic mass is 35.5. The predicted octanol–water partition coefficient (Wildman–Crippen LogP) is 5.04. The number of anilines is 1. The Kier molecular flexibility index (Phi) is 5.05. The van der Waals surface area contributed by atoms with Crippen LogP contribution in [-0.2, 0) is 4.79 Å². The zero-order valence-electron chi connectivity index (χ0n) is 14.2. The molecule has 1 spiro atoms. The Balaban J connectivity index is 1.62. The molecule has 1 aliphatic heterocycles. The molecule has 132 valence electrons. The van der Waals surface area contributed by atoms with Crippen LogP contribution in [-0.4, -0.2) is 24.2 Å². The molecule has 1 aliphatic carbocycles. The molecule has 2 fully saturated rings. The summed E-state index contributed by atoms with van der Waals surface area (Å²) < 4.78 is 13.9. The van der Waals surface area contributed by atoms with E-state index in [4.69, 9.17) is 16.7 Å². The molecule has 2 aliphatic rings. The van der Waals surface area contributed by atoms with Crippen LogP contribution < -0.4 is 4.90 Å². The van der Waals surface area contributed by atoms with Gasteiger partial charge in [-0.2, -0.15) is 0 Å². The summed E-state index contributed by atoms with van der Waals surface area (Å²) in [5, 5.41) is 9.17. The smallest absolute Gasteiger partial charge is 0.303 e. The molecule has 3 nitrogen and oxygen atoms in total. The van der Waals surface area contributed by atoms with Gasteiger partial charge in [0, 0.05) is 19.5 Å². The van der Waals surface area contributed by atoms with Crippen molar-refractivity contribution in [2.75, 3.05) is 18.0 Å². The van der Waals surface area contributed by atoms with Gasteiger partial charge >= 0.3 is 5.97 Å². The summed E-state index contributed by atoms with van der Waals surface area (Å²) in [6.45, 7) is 3.68. The molecule has 0 aromatic heterocycles. The van der Waals surface area contributed by atoms with Gasteiger partial charge in [-0.25, -0.2) is 4.39 Å². The van der Waals surface area contributed by atoms with Gasteiger partial charge in [-0.05, 0) is 74.5 Å². The summed E-state index contributed by atoms with van der Waals surface area (Å²) in [4.78, 5) is 13.1. The van der Waals surface area contributed by atoms with Gasteiger partial charge in [-0.15, -0.1) is 0 Å². The molecule has 1 saturated heterocycles. The maximum Gasteiger partial charge on any atom is 0.303 e. The third-order valence-electron chi connectivity index (χ3n) is 5.95. The van der Waals surface area contributed by atoms with Gasteiger partial charge in [0.1, 0.15) is 5.82 Å². The Bertz CT molecular complexity index is 616. The van der Waals surface area contributed by atoms with E-state index in [1.54, 1.807) is 0 Å². The largest absolute Gasteiger partial charge is 0.481 e. The van der Waals surface area contributed by atoms with E-state index in [0.717, 1.165) is 62.9 Å². The lowest BCUT2D eigenvalue weighted by Crippen LogP contribution is -2.42. The fourth-order valence-corrected chi connectivity index (χ4v) is 4.63. The predicted molar refractivity (Wildman–Crippen MR) is 94.2 cm³/mol. The first-order valence-corrected chi connectivity index (χ1v) is 9.19. The van der Waals surface area contributed by atoms with Gasteiger partial charge in [0.15, 0.2) is 0 Å². The second-order valence-corrected chi connectivity index (χ2v) is 7.99. The lowest BCUT2D eigenvalue weighted by Gasteiger charge is -2.46. The standard InChI is InChI=1S/C19H25ClFNO2/c1-13-10-15(21)18(20)16(11-13)22-8-6-19(7-9-22)4-2-14(3-5-19)12-17(23)24/h10-11,14H,2-9,12H2,1H3,(H,23,24). The van der Waals surface area contributed by atoms with Crippen LogP contribution in [0.4, 0.5) is 10.1 Å². The zero-order chi connectivity index (χ0) is 17.3. The number of hydrogen-bond donors (Lipinski definition) is 1. The molecule has 0 unspecified atom stereocenters. The molecular weight excluding hydrogens is 329 g/mol. The first-order valence-electron chi connectivity index (χ1n) is 8.81. The lowest BCUT2D eigenvalue weighted by atomic mass is 9.65. The van der Waals surface area contributed by atoms with E-state index in [9.17, 15) is 9.18 Å². The molecule has 0 atom stereocenters. The highest BCUT2D eigenvalue weighted by molar-refractivity contribution is 6.33. The van der Waals surface area contributed by atoms with Crippen LogP contribution in [0.3, 0.4) is 0 Å². The Morgan fingerprint density at radius 3 is 2.50 bits per heavy atom. The summed E-state index contributed by atoms with van der Waals surface area (Å²) in [7, 11) is 0. The number of carbonyl (C=O) groups is 1. The monoisotopic (exact) mass is 353 g/mol. The van der Waals surface area contributed by atoms with E-state index in [1.807, 2.05) is 13.0 Å².